The molecule has 0 saturated heterocycles. The molecule has 1 aromatic carbocycles. The van der Waals surface area contributed by atoms with Crippen LogP contribution in [0.15, 0.2) is 45.1 Å². The highest BCUT2D eigenvalue weighted by molar-refractivity contribution is 9.11. The molecule has 0 atom stereocenters. The van der Waals surface area contributed by atoms with Gasteiger partial charge in [-0.25, -0.2) is 13.1 Å². The number of halogens is 1. The quantitative estimate of drug-likeness (QED) is 0.757. The molecule has 0 spiro atoms. The van der Waals surface area contributed by atoms with E-state index in [0.29, 0.717) is 12.2 Å². The molecule has 0 unspecified atom stereocenters. The van der Waals surface area contributed by atoms with Crippen molar-refractivity contribution in [3.63, 3.8) is 0 Å². The molecule has 114 valence electrons. The minimum Gasteiger partial charge on any atom is -0.384 e. The first-order valence-electron chi connectivity index (χ1n) is 6.59. The van der Waals surface area contributed by atoms with Crippen LogP contribution in [-0.4, -0.2) is 15.0 Å². The van der Waals surface area contributed by atoms with Gasteiger partial charge in [-0.15, -0.1) is 11.3 Å². The van der Waals surface area contributed by atoms with E-state index in [2.05, 4.69) is 26.0 Å². The molecule has 2 N–H and O–H groups in total. The van der Waals surface area contributed by atoms with Crippen LogP contribution in [-0.2, 0) is 16.6 Å². The summed E-state index contributed by atoms with van der Waals surface area (Å²) in [6, 6.07) is 10.8. The molecule has 0 fully saturated rings. The van der Waals surface area contributed by atoms with Gasteiger partial charge in [-0.1, -0.05) is 19.1 Å². The van der Waals surface area contributed by atoms with Crippen molar-refractivity contribution in [2.45, 2.75) is 24.8 Å². The Morgan fingerprint density at radius 1 is 1.19 bits per heavy atom. The number of rotatable bonds is 7. The van der Waals surface area contributed by atoms with E-state index < -0.39 is 10.0 Å². The fraction of sp³-hybridized carbons (Fsp3) is 0.286. The SMILES string of the molecule is CCCNc1ccccc1S(=O)(=O)NCc1ccc(Br)s1. The van der Waals surface area contributed by atoms with E-state index in [1.54, 1.807) is 18.2 Å². The predicted octanol–water partition coefficient (Wildman–Crippen LogP) is 3.81. The lowest BCUT2D eigenvalue weighted by Crippen LogP contribution is -2.24. The number of hydrogen-bond acceptors (Lipinski definition) is 4. The van der Waals surface area contributed by atoms with Gasteiger partial charge >= 0.3 is 0 Å². The Bertz CT molecular complexity index is 699. The van der Waals surface area contributed by atoms with Crippen molar-refractivity contribution in [3.8, 4) is 0 Å². The molecule has 2 rings (SSSR count). The molecule has 0 radical (unpaired) electrons. The highest BCUT2D eigenvalue weighted by Crippen LogP contribution is 2.24. The van der Waals surface area contributed by atoms with Crippen molar-refractivity contribution in [2.75, 3.05) is 11.9 Å². The molecule has 1 heterocycles. The minimum absolute atomic E-state index is 0.286. The molecule has 0 aliphatic carbocycles. The first-order chi connectivity index (χ1) is 10.0. The Kier molecular flexibility index (Phi) is 5.80. The fourth-order valence-corrected chi connectivity index (χ4v) is 4.50. The van der Waals surface area contributed by atoms with E-state index in [1.807, 2.05) is 25.1 Å². The smallest absolute Gasteiger partial charge is 0.242 e. The molecule has 0 aliphatic heterocycles. The number of nitrogens with one attached hydrogen (secondary N) is 2. The van der Waals surface area contributed by atoms with Gasteiger partial charge in [-0.05, 0) is 46.6 Å². The van der Waals surface area contributed by atoms with Crippen LogP contribution in [0.25, 0.3) is 0 Å². The van der Waals surface area contributed by atoms with Gasteiger partial charge in [0, 0.05) is 18.0 Å². The van der Waals surface area contributed by atoms with E-state index in [4.69, 9.17) is 0 Å². The maximum Gasteiger partial charge on any atom is 0.242 e. The second-order valence-electron chi connectivity index (χ2n) is 4.45. The van der Waals surface area contributed by atoms with Gasteiger partial charge in [0.25, 0.3) is 0 Å². The highest BCUT2D eigenvalue weighted by atomic mass is 79.9. The van der Waals surface area contributed by atoms with Crippen LogP contribution in [0.5, 0.6) is 0 Å². The molecule has 2 aromatic rings. The zero-order chi connectivity index (χ0) is 15.3. The zero-order valence-corrected chi connectivity index (χ0v) is 14.8. The first-order valence-corrected chi connectivity index (χ1v) is 9.69. The molecule has 0 saturated carbocycles. The number of hydrogen-bond donors (Lipinski definition) is 2. The molecule has 21 heavy (non-hydrogen) atoms. The molecule has 4 nitrogen and oxygen atoms in total. The lowest BCUT2D eigenvalue weighted by atomic mass is 10.3. The number of thiophene rings is 1. The van der Waals surface area contributed by atoms with Crippen molar-refractivity contribution in [3.05, 3.63) is 45.1 Å². The van der Waals surface area contributed by atoms with Gasteiger partial charge in [0.1, 0.15) is 4.90 Å². The van der Waals surface area contributed by atoms with Gasteiger partial charge in [-0.3, -0.25) is 0 Å². The Labute approximate surface area is 137 Å². The average Bonchev–Trinajstić information content (AvgIpc) is 2.89. The molecule has 0 bridgehead atoms. The molecule has 0 aliphatic rings. The Morgan fingerprint density at radius 2 is 1.95 bits per heavy atom. The van der Waals surface area contributed by atoms with Crippen LogP contribution in [0, 0.1) is 0 Å². The maximum absolute atomic E-state index is 12.4. The number of anilines is 1. The monoisotopic (exact) mass is 388 g/mol. The van der Waals surface area contributed by atoms with Gasteiger partial charge < -0.3 is 5.32 Å². The highest BCUT2D eigenvalue weighted by Gasteiger charge is 2.17. The molecular weight excluding hydrogens is 372 g/mol. The second-order valence-corrected chi connectivity index (χ2v) is 8.74. The third-order valence-electron chi connectivity index (χ3n) is 2.81. The van der Waals surface area contributed by atoms with Crippen LogP contribution in [0.2, 0.25) is 0 Å². The summed E-state index contributed by atoms with van der Waals surface area (Å²) in [4.78, 5) is 1.25. The normalized spacial score (nSPS) is 11.5. The second kappa shape index (κ2) is 7.40. The molecule has 0 amide bonds. The minimum atomic E-state index is -3.53. The van der Waals surface area contributed by atoms with Gasteiger partial charge in [-0.2, -0.15) is 0 Å². The Morgan fingerprint density at radius 3 is 2.62 bits per heavy atom. The summed E-state index contributed by atoms with van der Waals surface area (Å²) in [5.74, 6) is 0. The number of benzene rings is 1. The third-order valence-corrected chi connectivity index (χ3v) is 5.89. The van der Waals surface area contributed by atoms with Crippen molar-refractivity contribution < 1.29 is 8.42 Å². The third kappa shape index (κ3) is 4.54. The van der Waals surface area contributed by atoms with E-state index in [1.165, 1.54) is 11.3 Å². The fourth-order valence-electron chi connectivity index (χ4n) is 1.80. The van der Waals surface area contributed by atoms with Crippen LogP contribution in [0.3, 0.4) is 0 Å². The zero-order valence-electron chi connectivity index (χ0n) is 11.6. The van der Waals surface area contributed by atoms with Crippen molar-refractivity contribution in [2.24, 2.45) is 0 Å². The Hall–Kier alpha value is -0.890. The van der Waals surface area contributed by atoms with Crippen molar-refractivity contribution >= 4 is 43.0 Å². The van der Waals surface area contributed by atoms with E-state index in [9.17, 15) is 8.42 Å². The summed E-state index contributed by atoms with van der Waals surface area (Å²) in [6.45, 7) is 3.07. The first kappa shape index (κ1) is 16.5. The number of sulfonamides is 1. The van der Waals surface area contributed by atoms with Gasteiger partial charge in [0.2, 0.25) is 10.0 Å². The largest absolute Gasteiger partial charge is 0.384 e. The van der Waals surface area contributed by atoms with E-state index >= 15 is 0 Å². The number of para-hydroxylation sites is 1. The summed E-state index contributed by atoms with van der Waals surface area (Å²) < 4.78 is 28.5. The predicted molar refractivity (Wildman–Crippen MR) is 91.3 cm³/mol. The summed E-state index contributed by atoms with van der Waals surface area (Å²) in [7, 11) is -3.53. The average molecular weight is 389 g/mol. The van der Waals surface area contributed by atoms with E-state index in [0.717, 1.165) is 21.6 Å². The molecular formula is C14H17BrN2O2S2. The van der Waals surface area contributed by atoms with E-state index in [-0.39, 0.29) is 4.90 Å². The van der Waals surface area contributed by atoms with Gasteiger partial charge in [0.15, 0.2) is 0 Å². The summed E-state index contributed by atoms with van der Waals surface area (Å²) in [5, 5.41) is 3.15. The van der Waals surface area contributed by atoms with Crippen LogP contribution in [0.1, 0.15) is 18.2 Å². The maximum atomic E-state index is 12.4. The topological polar surface area (TPSA) is 58.2 Å². The summed E-state index contributed by atoms with van der Waals surface area (Å²) in [6.07, 6.45) is 0.936. The molecule has 1 aromatic heterocycles. The van der Waals surface area contributed by atoms with Crippen LogP contribution >= 0.6 is 27.3 Å². The van der Waals surface area contributed by atoms with Crippen molar-refractivity contribution in [1.82, 2.24) is 4.72 Å². The molecule has 7 heteroatoms. The standard InChI is InChI=1S/C14H17BrN2O2S2/c1-2-9-16-12-5-3-4-6-13(12)21(18,19)17-10-11-7-8-14(15)20-11/h3-8,16-17H,2,9-10H2,1H3. The Balaban J connectivity index is 2.15. The summed E-state index contributed by atoms with van der Waals surface area (Å²) in [5.41, 5.74) is 0.638. The van der Waals surface area contributed by atoms with Crippen LogP contribution in [0.4, 0.5) is 5.69 Å². The summed E-state index contributed by atoms with van der Waals surface area (Å²) >= 11 is 4.88. The lowest BCUT2D eigenvalue weighted by molar-refractivity contribution is 0.582. The lowest BCUT2D eigenvalue weighted by Gasteiger charge is -2.12. The van der Waals surface area contributed by atoms with Crippen LogP contribution < -0.4 is 10.0 Å². The van der Waals surface area contributed by atoms with Crippen molar-refractivity contribution in [1.29, 1.82) is 0 Å². The van der Waals surface area contributed by atoms with Gasteiger partial charge in [0.05, 0.1) is 9.47 Å².